The average Bonchev–Trinajstić information content (AvgIpc) is 2.19. The minimum atomic E-state index is -4.10. The Labute approximate surface area is 94.5 Å². The molecule has 0 aromatic heterocycles. The highest BCUT2D eigenvalue weighted by Crippen LogP contribution is 2.19. The lowest BCUT2D eigenvalue weighted by atomic mass is 10.3. The van der Waals surface area contributed by atoms with Crippen LogP contribution in [0.2, 0.25) is 0 Å². The Bertz CT molecular complexity index is 545. The maximum atomic E-state index is 13.1. The summed E-state index contributed by atoms with van der Waals surface area (Å²) < 4.78 is 58.7. The molecule has 1 rings (SSSR count). The van der Waals surface area contributed by atoms with Gasteiger partial charge in [0.05, 0.1) is 10.6 Å². The zero-order chi connectivity index (χ0) is 13.2. The second-order valence-corrected chi connectivity index (χ2v) is 4.54. The fourth-order valence-corrected chi connectivity index (χ4v) is 1.50. The number of carbonyl (C=O) groups excluding carboxylic acids is 1. The van der Waals surface area contributed by atoms with Gasteiger partial charge in [-0.3, -0.25) is 4.79 Å². The number of carbonyl (C=O) groups is 1. The third-order valence-electron chi connectivity index (χ3n) is 1.72. The van der Waals surface area contributed by atoms with Gasteiger partial charge in [-0.05, 0) is 18.2 Å². The SMILES string of the molecule is NS(=O)(=O)c1ccc(F)c(NC(=O)C(F)F)c1. The molecule has 1 amide bonds. The molecule has 0 aliphatic rings. The summed E-state index contributed by atoms with van der Waals surface area (Å²) in [6.07, 6.45) is -3.34. The summed E-state index contributed by atoms with van der Waals surface area (Å²) in [6.45, 7) is 0. The number of halogens is 3. The molecule has 0 unspecified atom stereocenters. The third kappa shape index (κ3) is 3.43. The van der Waals surface area contributed by atoms with Crippen LogP contribution >= 0.6 is 0 Å². The van der Waals surface area contributed by atoms with Crippen LogP contribution in [0.1, 0.15) is 0 Å². The molecule has 1 aromatic carbocycles. The van der Waals surface area contributed by atoms with Gasteiger partial charge in [-0.15, -0.1) is 0 Å². The first kappa shape index (κ1) is 13.5. The Morgan fingerprint density at radius 1 is 1.35 bits per heavy atom. The number of nitrogens with two attached hydrogens (primary N) is 1. The Balaban J connectivity index is 3.12. The second kappa shape index (κ2) is 4.72. The van der Waals surface area contributed by atoms with E-state index in [1.165, 1.54) is 5.32 Å². The molecule has 0 spiro atoms. The van der Waals surface area contributed by atoms with Crippen LogP contribution in [0.4, 0.5) is 18.9 Å². The topological polar surface area (TPSA) is 89.3 Å². The van der Waals surface area contributed by atoms with Gasteiger partial charge >= 0.3 is 6.43 Å². The number of anilines is 1. The lowest BCUT2D eigenvalue weighted by Crippen LogP contribution is -2.21. The molecule has 0 saturated carbocycles. The number of benzene rings is 1. The summed E-state index contributed by atoms with van der Waals surface area (Å²) in [5.74, 6) is -2.79. The molecule has 0 atom stereocenters. The molecule has 0 aliphatic heterocycles. The highest BCUT2D eigenvalue weighted by Gasteiger charge is 2.18. The maximum Gasteiger partial charge on any atom is 0.315 e. The number of amides is 1. The van der Waals surface area contributed by atoms with Crippen molar-refractivity contribution in [1.29, 1.82) is 0 Å². The van der Waals surface area contributed by atoms with Gasteiger partial charge in [-0.2, -0.15) is 8.78 Å². The monoisotopic (exact) mass is 268 g/mol. The van der Waals surface area contributed by atoms with E-state index < -0.39 is 38.8 Å². The third-order valence-corrected chi connectivity index (χ3v) is 2.63. The van der Waals surface area contributed by atoms with Crippen molar-refractivity contribution in [2.45, 2.75) is 11.3 Å². The summed E-state index contributed by atoms with van der Waals surface area (Å²) >= 11 is 0. The van der Waals surface area contributed by atoms with Crippen molar-refractivity contribution in [3.8, 4) is 0 Å². The van der Waals surface area contributed by atoms with Gasteiger partial charge in [0.15, 0.2) is 0 Å². The molecule has 9 heteroatoms. The molecule has 0 radical (unpaired) electrons. The predicted octanol–water partition coefficient (Wildman–Crippen LogP) is 0.677. The molecule has 0 bridgehead atoms. The maximum absolute atomic E-state index is 13.1. The first-order valence-corrected chi connectivity index (χ1v) is 5.68. The Morgan fingerprint density at radius 3 is 2.41 bits per heavy atom. The van der Waals surface area contributed by atoms with Crippen molar-refractivity contribution < 1.29 is 26.4 Å². The second-order valence-electron chi connectivity index (χ2n) is 2.98. The molecule has 0 saturated heterocycles. The van der Waals surface area contributed by atoms with E-state index in [1.807, 2.05) is 0 Å². The van der Waals surface area contributed by atoms with E-state index in [2.05, 4.69) is 0 Å². The number of nitrogens with one attached hydrogen (secondary N) is 1. The highest BCUT2D eigenvalue weighted by atomic mass is 32.2. The number of primary sulfonamides is 1. The van der Waals surface area contributed by atoms with E-state index in [-0.39, 0.29) is 0 Å². The number of sulfonamides is 1. The minimum Gasteiger partial charge on any atom is -0.319 e. The number of hydrogen-bond acceptors (Lipinski definition) is 3. The van der Waals surface area contributed by atoms with E-state index >= 15 is 0 Å². The minimum absolute atomic E-state index is 0.497. The molecular formula is C8H7F3N2O3S. The largest absolute Gasteiger partial charge is 0.319 e. The van der Waals surface area contributed by atoms with Crippen molar-refractivity contribution in [3.63, 3.8) is 0 Å². The van der Waals surface area contributed by atoms with Crippen LogP contribution in [0.5, 0.6) is 0 Å². The van der Waals surface area contributed by atoms with Gasteiger partial charge in [0.1, 0.15) is 5.82 Å². The van der Waals surface area contributed by atoms with Crippen LogP contribution < -0.4 is 10.5 Å². The van der Waals surface area contributed by atoms with E-state index in [0.29, 0.717) is 12.1 Å². The van der Waals surface area contributed by atoms with Gasteiger partial charge in [0, 0.05) is 0 Å². The summed E-state index contributed by atoms with van der Waals surface area (Å²) in [6, 6.07) is 2.20. The van der Waals surface area contributed by atoms with Gasteiger partial charge in [-0.1, -0.05) is 0 Å². The lowest BCUT2D eigenvalue weighted by molar-refractivity contribution is -0.126. The van der Waals surface area contributed by atoms with E-state index in [4.69, 9.17) is 5.14 Å². The zero-order valence-corrected chi connectivity index (χ0v) is 8.97. The first-order valence-electron chi connectivity index (χ1n) is 4.13. The fourth-order valence-electron chi connectivity index (χ4n) is 0.964. The molecule has 1 aromatic rings. The lowest BCUT2D eigenvalue weighted by Gasteiger charge is -2.07. The molecule has 3 N–H and O–H groups in total. The quantitative estimate of drug-likeness (QED) is 0.844. The van der Waals surface area contributed by atoms with Crippen molar-refractivity contribution >= 4 is 21.6 Å². The highest BCUT2D eigenvalue weighted by molar-refractivity contribution is 7.89. The van der Waals surface area contributed by atoms with Gasteiger partial charge in [0.25, 0.3) is 5.91 Å². The number of hydrogen-bond donors (Lipinski definition) is 2. The van der Waals surface area contributed by atoms with Gasteiger partial charge in [-0.25, -0.2) is 17.9 Å². The van der Waals surface area contributed by atoms with E-state index in [0.717, 1.165) is 6.07 Å². The standard InChI is InChI=1S/C8H7F3N2O3S/c9-5-2-1-4(17(12,15)16)3-6(5)13-8(14)7(10)11/h1-3,7H,(H,13,14)(H2,12,15,16). The van der Waals surface area contributed by atoms with Crippen molar-refractivity contribution in [1.82, 2.24) is 0 Å². The Hall–Kier alpha value is -1.61. The molecular weight excluding hydrogens is 261 g/mol. The summed E-state index contributed by atoms with van der Waals surface area (Å²) in [5.41, 5.74) is -0.679. The van der Waals surface area contributed by atoms with Crippen LogP contribution in [0.15, 0.2) is 23.1 Å². The number of rotatable bonds is 3. The number of alkyl halides is 2. The first-order chi connectivity index (χ1) is 7.71. The van der Waals surface area contributed by atoms with Crippen LogP contribution in [-0.2, 0) is 14.8 Å². The van der Waals surface area contributed by atoms with Gasteiger partial charge in [0.2, 0.25) is 10.0 Å². The van der Waals surface area contributed by atoms with E-state index in [1.54, 1.807) is 0 Å². The fraction of sp³-hybridized carbons (Fsp3) is 0.125. The molecule has 94 valence electrons. The summed E-state index contributed by atoms with van der Waals surface area (Å²) in [5, 5.41) is 6.29. The van der Waals surface area contributed by atoms with Crippen LogP contribution in [-0.4, -0.2) is 20.8 Å². The van der Waals surface area contributed by atoms with Crippen molar-refractivity contribution in [2.24, 2.45) is 5.14 Å². The summed E-state index contributed by atoms with van der Waals surface area (Å²) in [4.78, 5) is 10.1. The van der Waals surface area contributed by atoms with Gasteiger partial charge < -0.3 is 5.32 Å². The normalized spacial score (nSPS) is 11.6. The zero-order valence-electron chi connectivity index (χ0n) is 8.15. The molecule has 0 heterocycles. The molecule has 5 nitrogen and oxygen atoms in total. The van der Waals surface area contributed by atoms with Crippen molar-refractivity contribution in [2.75, 3.05) is 5.32 Å². The molecule has 0 fully saturated rings. The predicted molar refractivity (Wildman–Crippen MR) is 52.4 cm³/mol. The van der Waals surface area contributed by atoms with Crippen LogP contribution in [0.25, 0.3) is 0 Å². The smallest absolute Gasteiger partial charge is 0.315 e. The van der Waals surface area contributed by atoms with E-state index in [9.17, 15) is 26.4 Å². The molecule has 17 heavy (non-hydrogen) atoms. The van der Waals surface area contributed by atoms with Crippen molar-refractivity contribution in [3.05, 3.63) is 24.0 Å². The summed E-state index contributed by atoms with van der Waals surface area (Å²) in [7, 11) is -4.10. The average molecular weight is 268 g/mol. The Kier molecular flexibility index (Phi) is 3.73. The van der Waals surface area contributed by atoms with Crippen LogP contribution in [0.3, 0.4) is 0 Å². The molecule has 0 aliphatic carbocycles. The van der Waals surface area contributed by atoms with Crippen LogP contribution in [0, 0.1) is 5.82 Å². The Morgan fingerprint density at radius 2 is 1.94 bits per heavy atom.